The largest absolute Gasteiger partial charge is 0.435 e. The molecule has 0 aliphatic heterocycles. The maximum Gasteiger partial charge on any atom is 0.435 e. The quantitative estimate of drug-likeness (QED) is 0.892. The van der Waals surface area contributed by atoms with Crippen LogP contribution in [0.5, 0.6) is 0 Å². The number of alkyl halides is 3. The second kappa shape index (κ2) is 6.16. The molecule has 1 N–H and O–H groups in total. The van der Waals surface area contributed by atoms with Gasteiger partial charge in [-0.3, -0.25) is 9.48 Å². The van der Waals surface area contributed by atoms with Crippen molar-refractivity contribution in [1.29, 1.82) is 0 Å². The van der Waals surface area contributed by atoms with E-state index in [-0.39, 0.29) is 11.8 Å². The fourth-order valence-corrected chi connectivity index (χ4v) is 3.24. The van der Waals surface area contributed by atoms with E-state index < -0.39 is 11.9 Å². The molecular formula is C16H16F3N3OS. The van der Waals surface area contributed by atoms with Gasteiger partial charge in [0.15, 0.2) is 5.69 Å². The van der Waals surface area contributed by atoms with Crippen molar-refractivity contribution in [2.75, 3.05) is 5.32 Å². The standard InChI is InChI=1S/C16H16F3N3OS/c1-9-3-6-11(20-15(23)10-4-5-10)12(7-9)24-14-8-13(16(17,18)19)21-22(14)2/h3,6-8,10H,4-5H2,1-2H3,(H,20,23). The molecule has 0 spiro atoms. The summed E-state index contributed by atoms with van der Waals surface area (Å²) >= 11 is 1.15. The van der Waals surface area contributed by atoms with Crippen LogP contribution in [0.25, 0.3) is 0 Å². The Hall–Kier alpha value is -1.96. The van der Waals surface area contributed by atoms with Gasteiger partial charge in [-0.25, -0.2) is 0 Å². The molecule has 1 amide bonds. The average molecular weight is 355 g/mol. The highest BCUT2D eigenvalue weighted by molar-refractivity contribution is 7.99. The summed E-state index contributed by atoms with van der Waals surface area (Å²) in [7, 11) is 1.47. The molecule has 1 saturated carbocycles. The fourth-order valence-electron chi connectivity index (χ4n) is 2.19. The number of aryl methyl sites for hydroxylation is 2. The monoisotopic (exact) mass is 355 g/mol. The van der Waals surface area contributed by atoms with E-state index in [0.29, 0.717) is 15.6 Å². The van der Waals surface area contributed by atoms with Crippen LogP contribution in [0.3, 0.4) is 0 Å². The number of carbonyl (C=O) groups is 1. The molecular weight excluding hydrogens is 339 g/mol. The number of hydrogen-bond donors (Lipinski definition) is 1. The van der Waals surface area contributed by atoms with Crippen molar-refractivity contribution in [2.24, 2.45) is 13.0 Å². The van der Waals surface area contributed by atoms with Crippen LogP contribution < -0.4 is 5.32 Å². The van der Waals surface area contributed by atoms with Crippen LogP contribution in [0.2, 0.25) is 0 Å². The first kappa shape index (κ1) is 16.9. The molecule has 1 aliphatic rings. The van der Waals surface area contributed by atoms with Crippen LogP contribution >= 0.6 is 11.8 Å². The molecule has 24 heavy (non-hydrogen) atoms. The highest BCUT2D eigenvalue weighted by Crippen LogP contribution is 2.38. The Morgan fingerprint density at radius 2 is 2.04 bits per heavy atom. The zero-order valence-electron chi connectivity index (χ0n) is 13.1. The molecule has 2 aromatic rings. The number of amides is 1. The number of aromatic nitrogens is 2. The molecule has 1 aromatic carbocycles. The molecule has 1 aromatic heterocycles. The van der Waals surface area contributed by atoms with Gasteiger partial charge < -0.3 is 5.32 Å². The predicted octanol–water partition coefficient (Wildman–Crippen LogP) is 4.25. The number of hydrogen-bond acceptors (Lipinski definition) is 3. The molecule has 8 heteroatoms. The third kappa shape index (κ3) is 3.75. The number of rotatable bonds is 4. The molecule has 1 heterocycles. The van der Waals surface area contributed by atoms with Crippen molar-refractivity contribution in [3.8, 4) is 0 Å². The number of benzene rings is 1. The Bertz CT molecular complexity index is 781. The third-order valence-electron chi connectivity index (χ3n) is 3.68. The molecule has 3 rings (SSSR count). The summed E-state index contributed by atoms with van der Waals surface area (Å²) in [5, 5.41) is 6.73. The highest BCUT2D eigenvalue weighted by atomic mass is 32.2. The molecule has 4 nitrogen and oxygen atoms in total. The first-order valence-corrected chi connectivity index (χ1v) is 8.26. The summed E-state index contributed by atoms with van der Waals surface area (Å²) in [6.07, 6.45) is -2.71. The zero-order chi connectivity index (χ0) is 17.5. The Labute approximate surface area is 141 Å². The molecule has 0 bridgehead atoms. The lowest BCUT2D eigenvalue weighted by molar-refractivity contribution is -0.141. The van der Waals surface area contributed by atoms with Gasteiger partial charge in [0.25, 0.3) is 0 Å². The number of nitrogens with one attached hydrogen (secondary N) is 1. The molecule has 0 saturated heterocycles. The second-order valence-corrected chi connectivity index (χ2v) is 6.92. The molecule has 1 fully saturated rings. The van der Waals surface area contributed by atoms with Gasteiger partial charge in [0, 0.05) is 23.9 Å². The number of halogens is 3. The molecule has 1 aliphatic carbocycles. The van der Waals surface area contributed by atoms with Gasteiger partial charge in [0.2, 0.25) is 5.91 Å². The van der Waals surface area contributed by atoms with E-state index in [4.69, 9.17) is 0 Å². The Balaban J connectivity index is 1.87. The summed E-state index contributed by atoms with van der Waals surface area (Å²) in [4.78, 5) is 12.7. The summed E-state index contributed by atoms with van der Waals surface area (Å²) in [5.41, 5.74) is 0.640. The molecule has 128 valence electrons. The zero-order valence-corrected chi connectivity index (χ0v) is 14.0. The van der Waals surface area contributed by atoms with Crippen molar-refractivity contribution in [3.05, 3.63) is 35.5 Å². The first-order valence-electron chi connectivity index (χ1n) is 7.44. The van der Waals surface area contributed by atoms with Crippen molar-refractivity contribution in [3.63, 3.8) is 0 Å². The van der Waals surface area contributed by atoms with E-state index in [2.05, 4.69) is 10.4 Å². The van der Waals surface area contributed by atoms with Crippen LogP contribution in [0.15, 0.2) is 34.2 Å². The van der Waals surface area contributed by atoms with Crippen LogP contribution in [0.4, 0.5) is 18.9 Å². The molecule has 0 unspecified atom stereocenters. The van der Waals surface area contributed by atoms with Gasteiger partial charge in [-0.2, -0.15) is 18.3 Å². The van der Waals surface area contributed by atoms with E-state index >= 15 is 0 Å². The fraction of sp³-hybridized carbons (Fsp3) is 0.375. The maximum atomic E-state index is 12.8. The van der Waals surface area contributed by atoms with Gasteiger partial charge in [-0.15, -0.1) is 0 Å². The smallest absolute Gasteiger partial charge is 0.325 e. The minimum atomic E-state index is -4.48. The minimum absolute atomic E-state index is 0.0401. The van der Waals surface area contributed by atoms with E-state index in [1.54, 1.807) is 6.07 Å². The van der Waals surface area contributed by atoms with Gasteiger partial charge >= 0.3 is 6.18 Å². The van der Waals surface area contributed by atoms with Crippen molar-refractivity contribution in [1.82, 2.24) is 9.78 Å². The summed E-state index contributed by atoms with van der Waals surface area (Å²) in [6, 6.07) is 6.49. The average Bonchev–Trinajstić information content (AvgIpc) is 3.26. The number of carbonyl (C=O) groups excluding carboxylic acids is 1. The van der Waals surface area contributed by atoms with Crippen molar-refractivity contribution < 1.29 is 18.0 Å². The van der Waals surface area contributed by atoms with Gasteiger partial charge in [-0.05, 0) is 37.5 Å². The summed E-state index contributed by atoms with van der Waals surface area (Å²) < 4.78 is 39.6. The lowest BCUT2D eigenvalue weighted by Crippen LogP contribution is -2.14. The Kier molecular flexibility index (Phi) is 4.33. The second-order valence-electron chi connectivity index (χ2n) is 5.85. The van der Waals surface area contributed by atoms with Crippen LogP contribution in [0, 0.1) is 12.8 Å². The normalized spacial score (nSPS) is 14.7. The van der Waals surface area contributed by atoms with Gasteiger partial charge in [0.1, 0.15) is 0 Å². The Morgan fingerprint density at radius 3 is 2.62 bits per heavy atom. The Morgan fingerprint density at radius 1 is 1.33 bits per heavy atom. The SMILES string of the molecule is Cc1ccc(NC(=O)C2CC2)c(Sc2cc(C(F)(F)F)nn2C)c1. The third-order valence-corrected chi connectivity index (χ3v) is 4.83. The van der Waals surface area contributed by atoms with E-state index in [9.17, 15) is 18.0 Å². The summed E-state index contributed by atoms with van der Waals surface area (Å²) in [6.45, 7) is 1.89. The van der Waals surface area contributed by atoms with Gasteiger partial charge in [-0.1, -0.05) is 17.8 Å². The highest BCUT2D eigenvalue weighted by Gasteiger charge is 2.35. The van der Waals surface area contributed by atoms with Crippen LogP contribution in [-0.4, -0.2) is 15.7 Å². The molecule has 0 radical (unpaired) electrons. The number of nitrogens with zero attached hydrogens (tertiary/aromatic N) is 2. The topological polar surface area (TPSA) is 46.9 Å². The predicted molar refractivity (Wildman–Crippen MR) is 84.9 cm³/mol. The van der Waals surface area contributed by atoms with Crippen LogP contribution in [0.1, 0.15) is 24.1 Å². The van der Waals surface area contributed by atoms with Crippen LogP contribution in [-0.2, 0) is 18.0 Å². The van der Waals surface area contributed by atoms with Crippen molar-refractivity contribution >= 4 is 23.4 Å². The van der Waals surface area contributed by atoms with Crippen molar-refractivity contribution in [2.45, 2.75) is 35.9 Å². The minimum Gasteiger partial charge on any atom is -0.325 e. The van der Waals surface area contributed by atoms with E-state index in [1.807, 2.05) is 19.1 Å². The lowest BCUT2D eigenvalue weighted by Gasteiger charge is -2.11. The lowest BCUT2D eigenvalue weighted by atomic mass is 10.2. The first-order chi connectivity index (χ1) is 11.2. The summed E-state index contributed by atoms with van der Waals surface area (Å²) in [5.74, 6) is 0.0133. The number of anilines is 1. The maximum absolute atomic E-state index is 12.8. The van der Waals surface area contributed by atoms with E-state index in [0.717, 1.165) is 36.2 Å². The van der Waals surface area contributed by atoms with E-state index in [1.165, 1.54) is 11.7 Å². The molecule has 0 atom stereocenters. The van der Waals surface area contributed by atoms with Gasteiger partial charge in [0.05, 0.1) is 10.7 Å².